The van der Waals surface area contributed by atoms with Gasteiger partial charge in [-0.15, -0.1) is 0 Å². The topological polar surface area (TPSA) is 71.8 Å². The van der Waals surface area contributed by atoms with Crippen LogP contribution in [0.4, 0.5) is 16.2 Å². The molecule has 6 rings (SSSR count). The molecule has 4 aromatic carbocycles. The van der Waals surface area contributed by atoms with Gasteiger partial charge in [-0.25, -0.2) is 14.6 Å². The molecule has 4 amide bonds. The Labute approximate surface area is 266 Å². The number of carbonyl (C=O) groups excluding carboxylic acids is 3. The monoisotopic (exact) mass is 615 g/mol. The van der Waals surface area contributed by atoms with Gasteiger partial charge in [-0.05, 0) is 93.1 Å². The maximum absolute atomic E-state index is 13.9. The molecule has 1 saturated heterocycles. The number of urea groups is 1. The molecule has 1 fully saturated rings. The second-order valence-electron chi connectivity index (χ2n) is 10.8. The van der Waals surface area contributed by atoms with E-state index in [9.17, 15) is 14.4 Å². The van der Waals surface area contributed by atoms with Crippen LogP contribution in [0.5, 0.6) is 5.75 Å². The lowest BCUT2D eigenvalue weighted by atomic mass is 10.0. The highest BCUT2D eigenvalue weighted by molar-refractivity contribution is 6.46. The number of benzene rings is 4. The van der Waals surface area contributed by atoms with Crippen molar-refractivity contribution in [2.75, 3.05) is 9.80 Å². The summed E-state index contributed by atoms with van der Waals surface area (Å²) in [6.07, 6.45) is 1.58. The molecule has 0 spiro atoms. The first-order valence-electron chi connectivity index (χ1n) is 14.4. The molecular weight excluding hydrogens is 586 g/mol. The fraction of sp³-hybridized carbons (Fsp3) is 0.108. The number of rotatable bonds is 7. The molecule has 1 aromatic heterocycles. The Kier molecular flexibility index (Phi) is 8.11. The van der Waals surface area contributed by atoms with Gasteiger partial charge in [0, 0.05) is 27.7 Å². The fourth-order valence-electron chi connectivity index (χ4n) is 5.41. The molecule has 7 nitrogen and oxygen atoms in total. The molecule has 2 heterocycles. The summed E-state index contributed by atoms with van der Waals surface area (Å²) in [5.74, 6) is -0.654. The summed E-state index contributed by atoms with van der Waals surface area (Å²) in [5.41, 5.74) is 5.86. The van der Waals surface area contributed by atoms with E-state index < -0.39 is 17.8 Å². The number of imide groups is 2. The summed E-state index contributed by atoms with van der Waals surface area (Å²) in [4.78, 5) is 43.5. The van der Waals surface area contributed by atoms with Crippen molar-refractivity contribution in [3.8, 4) is 11.4 Å². The van der Waals surface area contributed by atoms with E-state index in [1.165, 1.54) is 0 Å². The molecule has 1 aliphatic rings. The second-order valence-corrected chi connectivity index (χ2v) is 11.2. The van der Waals surface area contributed by atoms with E-state index in [1.807, 2.05) is 92.1 Å². The third-order valence-electron chi connectivity index (χ3n) is 7.77. The summed E-state index contributed by atoms with van der Waals surface area (Å²) in [5, 5.41) is 0.655. The smallest absolute Gasteiger partial charge is 0.343 e. The Morgan fingerprint density at radius 3 is 1.91 bits per heavy atom. The highest BCUT2D eigenvalue weighted by Crippen LogP contribution is 2.31. The molecule has 0 atom stereocenters. The second kappa shape index (κ2) is 12.3. The molecule has 5 aromatic rings. The van der Waals surface area contributed by atoms with Crippen LogP contribution in [0.2, 0.25) is 5.02 Å². The van der Waals surface area contributed by atoms with Crippen LogP contribution in [-0.4, -0.2) is 22.4 Å². The van der Waals surface area contributed by atoms with Gasteiger partial charge in [-0.3, -0.25) is 9.59 Å². The number of anilines is 2. The third-order valence-corrected chi connectivity index (χ3v) is 8.14. The Morgan fingerprint density at radius 2 is 1.27 bits per heavy atom. The van der Waals surface area contributed by atoms with Crippen molar-refractivity contribution in [2.45, 2.75) is 27.4 Å². The summed E-state index contributed by atoms with van der Waals surface area (Å²) in [6, 6.07) is 32.1. The maximum atomic E-state index is 13.9. The van der Waals surface area contributed by atoms with Crippen LogP contribution in [0.25, 0.3) is 11.8 Å². The van der Waals surface area contributed by atoms with E-state index in [-0.39, 0.29) is 5.57 Å². The first-order valence-corrected chi connectivity index (χ1v) is 14.8. The lowest BCUT2D eigenvalue weighted by Gasteiger charge is -2.34. The van der Waals surface area contributed by atoms with Crippen LogP contribution < -0.4 is 14.5 Å². The molecule has 45 heavy (non-hydrogen) atoms. The molecule has 0 bridgehead atoms. The van der Waals surface area contributed by atoms with Crippen molar-refractivity contribution >= 4 is 46.9 Å². The average molecular weight is 616 g/mol. The Hall–Kier alpha value is -5.40. The molecule has 8 heteroatoms. The van der Waals surface area contributed by atoms with Gasteiger partial charge in [0.25, 0.3) is 11.8 Å². The minimum atomic E-state index is -0.723. The number of aromatic nitrogens is 1. The lowest BCUT2D eigenvalue weighted by molar-refractivity contribution is -0.121. The minimum Gasteiger partial charge on any atom is -0.489 e. The predicted molar refractivity (Wildman–Crippen MR) is 177 cm³/mol. The van der Waals surface area contributed by atoms with E-state index in [0.29, 0.717) is 34.3 Å². The number of amides is 4. The van der Waals surface area contributed by atoms with Crippen molar-refractivity contribution in [3.63, 3.8) is 0 Å². The maximum Gasteiger partial charge on any atom is 0.343 e. The van der Waals surface area contributed by atoms with E-state index >= 15 is 0 Å². The Bertz CT molecular complexity index is 1940. The van der Waals surface area contributed by atoms with Gasteiger partial charge in [0.15, 0.2) is 0 Å². The van der Waals surface area contributed by atoms with Crippen LogP contribution in [0.3, 0.4) is 0 Å². The molecule has 224 valence electrons. The third kappa shape index (κ3) is 5.78. The molecule has 0 N–H and O–H groups in total. The number of hydrogen-bond acceptors (Lipinski definition) is 4. The van der Waals surface area contributed by atoms with E-state index in [1.54, 1.807) is 48.5 Å². The number of ether oxygens (including phenoxy) is 1. The highest BCUT2D eigenvalue weighted by Gasteiger charge is 2.43. The molecule has 0 saturated carbocycles. The van der Waals surface area contributed by atoms with Crippen LogP contribution >= 0.6 is 11.6 Å². The standard InChI is InChI=1S/C37H30ClN3O4/c1-24-13-15-31(16-14-24)41-36(43)33(35(42)40(37(41)44)29-10-5-4-6-11-29)22-28-21-25(2)39(26(28)3)30-17-19-32(20-18-30)45-23-27-9-7-8-12-34(27)38/h4-22H,23H2,1-3H3/b33-22+. The van der Waals surface area contributed by atoms with E-state index in [4.69, 9.17) is 16.3 Å². The van der Waals surface area contributed by atoms with Crippen molar-refractivity contribution in [2.24, 2.45) is 0 Å². The average Bonchev–Trinajstić information content (AvgIpc) is 3.32. The van der Waals surface area contributed by atoms with E-state index in [0.717, 1.165) is 38.0 Å². The van der Waals surface area contributed by atoms with E-state index in [2.05, 4.69) is 0 Å². The molecule has 1 aliphatic heterocycles. The van der Waals surface area contributed by atoms with Gasteiger partial charge < -0.3 is 9.30 Å². The SMILES string of the molecule is Cc1ccc(N2C(=O)/C(=C/c3cc(C)n(-c4ccc(OCc5ccccc5Cl)cc4)c3C)C(=O)N(c3ccccc3)C2=O)cc1. The van der Waals surface area contributed by atoms with Crippen LogP contribution in [-0.2, 0) is 16.2 Å². The van der Waals surface area contributed by atoms with Gasteiger partial charge in [0.2, 0.25) is 0 Å². The number of halogens is 1. The van der Waals surface area contributed by atoms with Crippen molar-refractivity contribution in [1.82, 2.24) is 4.57 Å². The summed E-state index contributed by atoms with van der Waals surface area (Å²) < 4.78 is 7.99. The van der Waals surface area contributed by atoms with Crippen LogP contribution in [0, 0.1) is 20.8 Å². The Morgan fingerprint density at radius 1 is 0.689 bits per heavy atom. The molecule has 0 unspecified atom stereocenters. The minimum absolute atomic E-state index is 0.109. The van der Waals surface area contributed by atoms with Gasteiger partial charge in [-0.1, -0.05) is 65.7 Å². The number of hydrogen-bond donors (Lipinski definition) is 0. The number of nitrogens with zero attached hydrogens (tertiary/aromatic N) is 3. The molecular formula is C37H30ClN3O4. The van der Waals surface area contributed by atoms with Gasteiger partial charge in [-0.2, -0.15) is 0 Å². The Balaban J connectivity index is 1.34. The number of para-hydroxylation sites is 1. The zero-order valence-electron chi connectivity index (χ0n) is 25.0. The summed E-state index contributed by atoms with van der Waals surface area (Å²) >= 11 is 6.26. The van der Waals surface area contributed by atoms with Crippen molar-refractivity contribution < 1.29 is 19.1 Å². The predicted octanol–water partition coefficient (Wildman–Crippen LogP) is 8.22. The van der Waals surface area contributed by atoms with Crippen LogP contribution in [0.1, 0.15) is 28.1 Å². The zero-order chi connectivity index (χ0) is 31.7. The van der Waals surface area contributed by atoms with Gasteiger partial charge >= 0.3 is 6.03 Å². The first-order chi connectivity index (χ1) is 21.7. The normalized spacial score (nSPS) is 14.4. The highest BCUT2D eigenvalue weighted by atomic mass is 35.5. The zero-order valence-corrected chi connectivity index (χ0v) is 25.8. The molecule has 0 radical (unpaired) electrons. The number of carbonyl (C=O) groups is 3. The molecule has 0 aliphatic carbocycles. The lowest BCUT2D eigenvalue weighted by Crippen LogP contribution is -2.57. The van der Waals surface area contributed by atoms with Gasteiger partial charge in [0.1, 0.15) is 17.9 Å². The van der Waals surface area contributed by atoms with Crippen molar-refractivity contribution in [1.29, 1.82) is 0 Å². The quantitative estimate of drug-likeness (QED) is 0.137. The van der Waals surface area contributed by atoms with Crippen molar-refractivity contribution in [3.05, 3.63) is 148 Å². The summed E-state index contributed by atoms with van der Waals surface area (Å²) in [7, 11) is 0. The first kappa shape index (κ1) is 29.7. The number of barbiturate groups is 1. The van der Waals surface area contributed by atoms with Gasteiger partial charge in [0.05, 0.1) is 11.4 Å². The fourth-order valence-corrected chi connectivity index (χ4v) is 5.60. The number of aryl methyl sites for hydroxylation is 2. The summed E-state index contributed by atoms with van der Waals surface area (Å²) in [6.45, 7) is 6.16. The largest absolute Gasteiger partial charge is 0.489 e. The van der Waals surface area contributed by atoms with Crippen LogP contribution in [0.15, 0.2) is 115 Å².